The van der Waals surface area contributed by atoms with Gasteiger partial charge >= 0.3 is 0 Å². The van der Waals surface area contributed by atoms with Crippen molar-refractivity contribution in [3.8, 4) is 51.0 Å². The van der Waals surface area contributed by atoms with Crippen molar-refractivity contribution in [2.75, 3.05) is 0 Å². The molecule has 6 aromatic carbocycles. The third-order valence-corrected chi connectivity index (χ3v) is 11.0. The van der Waals surface area contributed by atoms with Crippen molar-refractivity contribution in [1.82, 2.24) is 24.1 Å². The third-order valence-electron chi connectivity index (χ3n) is 11.0. The van der Waals surface area contributed by atoms with Crippen molar-refractivity contribution < 1.29 is 0 Å². The fraction of sp³-hybridized carbons (Fsp3) is 0.0816. The molecule has 0 spiro atoms. The molecule has 0 amide bonds. The molecule has 3 aromatic heterocycles. The molecule has 55 heavy (non-hydrogen) atoms. The highest BCUT2D eigenvalue weighted by molar-refractivity contribution is 6.15. The summed E-state index contributed by atoms with van der Waals surface area (Å²) in [7, 11) is 0. The zero-order valence-electron chi connectivity index (χ0n) is 30.0. The van der Waals surface area contributed by atoms with Gasteiger partial charge in [0.25, 0.3) is 0 Å². The Bertz CT molecular complexity index is 3010. The highest BCUT2D eigenvalue weighted by Gasteiger charge is 2.23. The summed E-state index contributed by atoms with van der Waals surface area (Å²) >= 11 is 0. The van der Waals surface area contributed by atoms with Gasteiger partial charge < -0.3 is 4.57 Å². The van der Waals surface area contributed by atoms with Crippen LogP contribution in [0.3, 0.4) is 0 Å². The van der Waals surface area contributed by atoms with Crippen LogP contribution in [0, 0.1) is 0 Å². The first-order valence-electron chi connectivity index (χ1n) is 19.0. The first kappa shape index (κ1) is 31.4. The third kappa shape index (κ3) is 5.19. The van der Waals surface area contributed by atoms with Gasteiger partial charge in [0.1, 0.15) is 0 Å². The van der Waals surface area contributed by atoms with E-state index in [1.165, 1.54) is 51.5 Å². The Morgan fingerprint density at radius 1 is 0.509 bits per heavy atom. The Kier molecular flexibility index (Phi) is 7.29. The SMILES string of the molecule is C1=Cc2c(n(-c3cccc(-c4nc(-c5ccccc5)nc(-c5ccccc5)n4)c3)c3ccc(-c4cccc5c6ccccc6n(C6=CCCCC6)c45)cc23)N=1. The lowest BCUT2D eigenvalue weighted by Gasteiger charge is -2.18. The monoisotopic (exact) mass is 706 g/mol. The minimum atomic E-state index is 0.614. The Labute approximate surface area is 318 Å². The molecule has 0 saturated heterocycles. The maximum atomic E-state index is 5.00. The van der Waals surface area contributed by atoms with Crippen molar-refractivity contribution in [3.05, 3.63) is 157 Å². The molecule has 1 aliphatic carbocycles. The molecule has 0 radical (unpaired) electrons. The highest BCUT2D eigenvalue weighted by atomic mass is 15.1. The van der Waals surface area contributed by atoms with Crippen molar-refractivity contribution in [2.45, 2.75) is 25.7 Å². The van der Waals surface area contributed by atoms with Crippen LogP contribution in [0.2, 0.25) is 0 Å². The summed E-state index contributed by atoms with van der Waals surface area (Å²) in [5.74, 6) is 5.92. The molecule has 6 nitrogen and oxygen atoms in total. The normalized spacial score (nSPS) is 13.6. The molecule has 0 saturated carbocycles. The van der Waals surface area contributed by atoms with Crippen LogP contribution in [0.5, 0.6) is 0 Å². The number of fused-ring (bicyclic) bond motifs is 6. The summed E-state index contributed by atoms with van der Waals surface area (Å²) in [6.45, 7) is 0. The second kappa shape index (κ2) is 12.8. The summed E-state index contributed by atoms with van der Waals surface area (Å²) in [5, 5.41) is 3.72. The molecular formula is C49H34N6. The number of aliphatic imine (C=N–C) groups is 1. The quantitative estimate of drug-likeness (QED) is 0.173. The molecular weight excluding hydrogens is 673 g/mol. The van der Waals surface area contributed by atoms with Crippen LogP contribution in [0.4, 0.5) is 5.82 Å². The lowest BCUT2D eigenvalue weighted by Crippen LogP contribution is -2.01. The van der Waals surface area contributed by atoms with Gasteiger partial charge in [-0.2, -0.15) is 4.99 Å². The van der Waals surface area contributed by atoms with Crippen molar-refractivity contribution in [1.29, 1.82) is 0 Å². The number of nitrogens with zero attached hydrogens (tertiary/aromatic N) is 6. The molecule has 4 heterocycles. The predicted molar refractivity (Wildman–Crippen MR) is 226 cm³/mol. The molecule has 0 unspecified atom stereocenters. The van der Waals surface area contributed by atoms with Crippen LogP contribution >= 0.6 is 0 Å². The van der Waals surface area contributed by atoms with E-state index in [0.29, 0.717) is 17.5 Å². The lowest BCUT2D eigenvalue weighted by atomic mass is 9.99. The molecule has 11 rings (SSSR count). The summed E-state index contributed by atoms with van der Waals surface area (Å²) < 4.78 is 4.76. The summed E-state index contributed by atoms with van der Waals surface area (Å²) in [6.07, 6.45) is 9.14. The average Bonchev–Trinajstić information content (AvgIpc) is 3.96. The Balaban J connectivity index is 1.07. The van der Waals surface area contributed by atoms with E-state index < -0.39 is 0 Å². The van der Waals surface area contributed by atoms with Crippen LogP contribution in [0.1, 0.15) is 31.2 Å². The van der Waals surface area contributed by atoms with Crippen LogP contribution in [0.15, 0.2) is 157 Å². The van der Waals surface area contributed by atoms with Gasteiger partial charge in [-0.15, -0.1) is 0 Å². The van der Waals surface area contributed by atoms with Gasteiger partial charge in [-0.1, -0.05) is 121 Å². The molecule has 1 aliphatic heterocycles. The Morgan fingerprint density at radius 3 is 1.95 bits per heavy atom. The maximum absolute atomic E-state index is 5.00. The molecule has 260 valence electrons. The standard InChI is InChI=1S/C49H34N6/c1-4-14-32(15-5-1)46-51-47(33-16-6-2-7-17-33)53-48(52-46)35-18-12-21-37(30-35)55-44-27-26-34(31-42(44)41-28-29-50-49(41)55)38-23-13-24-40-39-22-10-11-25-43(39)54(45(38)40)36-19-8-3-9-20-36/h1-2,4-7,10-19,21-28,30-31H,3,8-9,20H2. The zero-order chi connectivity index (χ0) is 36.3. The van der Waals surface area contributed by atoms with Crippen molar-refractivity contribution in [3.63, 3.8) is 0 Å². The largest absolute Gasteiger partial charge is 0.313 e. The van der Waals surface area contributed by atoms with Gasteiger partial charge in [0.05, 0.1) is 16.6 Å². The van der Waals surface area contributed by atoms with E-state index in [1.807, 2.05) is 66.7 Å². The number of hydrogen-bond donors (Lipinski definition) is 0. The van der Waals surface area contributed by atoms with E-state index in [9.17, 15) is 0 Å². The van der Waals surface area contributed by atoms with Crippen LogP contribution in [-0.4, -0.2) is 30.0 Å². The number of para-hydroxylation sites is 2. The smallest absolute Gasteiger partial charge is 0.164 e. The van der Waals surface area contributed by atoms with Gasteiger partial charge in [-0.25, -0.2) is 15.0 Å². The molecule has 0 bridgehead atoms. The first-order valence-corrected chi connectivity index (χ1v) is 19.0. The van der Waals surface area contributed by atoms with Gasteiger partial charge in [0, 0.05) is 61.4 Å². The molecule has 0 atom stereocenters. The van der Waals surface area contributed by atoms with E-state index in [1.54, 1.807) is 0 Å². The second-order valence-corrected chi connectivity index (χ2v) is 14.3. The van der Waals surface area contributed by atoms with Crippen LogP contribution in [0.25, 0.3) is 95.5 Å². The minimum absolute atomic E-state index is 0.614. The lowest BCUT2D eigenvalue weighted by molar-refractivity contribution is 0.724. The minimum Gasteiger partial charge on any atom is -0.313 e. The fourth-order valence-corrected chi connectivity index (χ4v) is 8.44. The predicted octanol–water partition coefficient (Wildman–Crippen LogP) is 12.3. The Hall–Kier alpha value is -7.14. The van der Waals surface area contributed by atoms with E-state index in [0.717, 1.165) is 57.5 Å². The van der Waals surface area contributed by atoms with E-state index >= 15 is 0 Å². The number of aromatic nitrogens is 5. The first-order chi connectivity index (χ1) is 27.3. The van der Waals surface area contributed by atoms with Gasteiger partial charge in [-0.05, 0) is 67.4 Å². The van der Waals surface area contributed by atoms with Crippen LogP contribution in [-0.2, 0) is 0 Å². The summed E-state index contributed by atoms with van der Waals surface area (Å²) in [6, 6.07) is 51.0. The summed E-state index contributed by atoms with van der Waals surface area (Å²) in [4.78, 5) is 19.7. The van der Waals surface area contributed by atoms with E-state index in [4.69, 9.17) is 19.9 Å². The van der Waals surface area contributed by atoms with Crippen molar-refractivity contribution >= 4 is 56.2 Å². The van der Waals surface area contributed by atoms with Crippen LogP contribution < -0.4 is 0 Å². The molecule has 0 fully saturated rings. The average molecular weight is 707 g/mol. The van der Waals surface area contributed by atoms with Gasteiger partial charge in [0.2, 0.25) is 0 Å². The van der Waals surface area contributed by atoms with Gasteiger partial charge in [0.15, 0.2) is 23.3 Å². The second-order valence-electron chi connectivity index (χ2n) is 14.3. The molecule has 2 aliphatic rings. The number of hydrogen-bond acceptors (Lipinski definition) is 4. The molecule has 6 heteroatoms. The van der Waals surface area contributed by atoms with E-state index in [2.05, 4.69) is 106 Å². The summed E-state index contributed by atoms with van der Waals surface area (Å²) in [5.41, 5.74) is 12.3. The van der Waals surface area contributed by atoms with Crippen molar-refractivity contribution in [2.24, 2.45) is 4.99 Å². The molecule has 9 aromatic rings. The topological polar surface area (TPSA) is 60.9 Å². The Morgan fingerprint density at radius 2 is 1.18 bits per heavy atom. The zero-order valence-corrected chi connectivity index (χ0v) is 30.0. The molecule has 0 N–H and O–H groups in total. The number of allylic oxidation sites excluding steroid dienone is 2. The van der Waals surface area contributed by atoms with E-state index in [-0.39, 0.29) is 0 Å². The highest BCUT2D eigenvalue weighted by Crippen LogP contribution is 2.43. The fourth-order valence-electron chi connectivity index (χ4n) is 8.44. The number of rotatable bonds is 6. The maximum Gasteiger partial charge on any atom is 0.164 e. The van der Waals surface area contributed by atoms with Gasteiger partial charge in [-0.3, -0.25) is 4.57 Å². The number of benzene rings is 6.